The van der Waals surface area contributed by atoms with Gasteiger partial charge in [-0.15, -0.1) is 6.42 Å². The van der Waals surface area contributed by atoms with Gasteiger partial charge >= 0.3 is 5.97 Å². The number of aliphatic carboxylic acids is 1. The third-order valence-electron chi connectivity index (χ3n) is 1.86. The molecule has 0 aliphatic heterocycles. The van der Waals surface area contributed by atoms with E-state index in [-0.39, 0.29) is 12.3 Å². The smallest absolute Gasteiger partial charge is 0.303 e. The lowest BCUT2D eigenvalue weighted by Crippen LogP contribution is -2.41. The van der Waals surface area contributed by atoms with Crippen molar-refractivity contribution >= 4 is 11.9 Å². The summed E-state index contributed by atoms with van der Waals surface area (Å²) in [6, 6.07) is 0. The Morgan fingerprint density at radius 3 is 2.33 bits per heavy atom. The Morgan fingerprint density at radius 2 is 1.87 bits per heavy atom. The molecule has 1 amide bonds. The molecule has 4 nitrogen and oxygen atoms in total. The van der Waals surface area contributed by atoms with Gasteiger partial charge in [0.15, 0.2) is 0 Å². The first-order chi connectivity index (χ1) is 6.87. The van der Waals surface area contributed by atoms with Crippen LogP contribution in [-0.2, 0) is 9.59 Å². The number of amides is 1. The van der Waals surface area contributed by atoms with Gasteiger partial charge in [0.05, 0.1) is 5.54 Å². The zero-order valence-corrected chi connectivity index (χ0v) is 9.17. The number of carboxylic acids is 1. The summed E-state index contributed by atoms with van der Waals surface area (Å²) in [6.07, 6.45) is 6.71. The molecule has 0 aromatic carbocycles. The second kappa shape index (κ2) is 6.07. The number of terminal acetylenes is 1. The molecule has 0 atom stereocenters. The van der Waals surface area contributed by atoms with Crippen molar-refractivity contribution < 1.29 is 14.7 Å². The van der Waals surface area contributed by atoms with Gasteiger partial charge in [0.1, 0.15) is 0 Å². The van der Waals surface area contributed by atoms with Gasteiger partial charge < -0.3 is 10.4 Å². The fraction of sp³-hybridized carbons (Fsp3) is 0.636. The minimum atomic E-state index is -0.834. The summed E-state index contributed by atoms with van der Waals surface area (Å²) in [5.74, 6) is 1.49. The Balaban J connectivity index is 3.68. The summed E-state index contributed by atoms with van der Waals surface area (Å²) in [5, 5.41) is 11.0. The number of rotatable bonds is 6. The lowest BCUT2D eigenvalue weighted by atomic mass is 10.1. The molecule has 15 heavy (non-hydrogen) atoms. The molecule has 0 aliphatic carbocycles. The maximum absolute atomic E-state index is 11.3. The first-order valence-electron chi connectivity index (χ1n) is 4.88. The molecule has 2 N–H and O–H groups in total. The Hall–Kier alpha value is -1.50. The SMILES string of the molecule is C#CC(C)(C)NC(=O)CCCCC(=O)O. The van der Waals surface area contributed by atoms with Crippen LogP contribution in [0.3, 0.4) is 0 Å². The Kier molecular flexibility index (Phi) is 5.46. The number of unbranched alkanes of at least 4 members (excludes halogenated alkanes) is 1. The highest BCUT2D eigenvalue weighted by molar-refractivity contribution is 5.77. The predicted octanol–water partition coefficient (Wildman–Crippen LogP) is 1.16. The summed E-state index contributed by atoms with van der Waals surface area (Å²) in [6.45, 7) is 3.48. The molecule has 4 heteroatoms. The minimum Gasteiger partial charge on any atom is -0.481 e. The Morgan fingerprint density at radius 1 is 1.33 bits per heavy atom. The van der Waals surface area contributed by atoms with E-state index in [9.17, 15) is 9.59 Å². The summed E-state index contributed by atoms with van der Waals surface area (Å²) in [5.41, 5.74) is -0.635. The van der Waals surface area contributed by atoms with Crippen molar-refractivity contribution in [2.24, 2.45) is 0 Å². The van der Waals surface area contributed by atoms with Crippen LogP contribution < -0.4 is 5.32 Å². The summed E-state index contributed by atoms with van der Waals surface area (Å²) >= 11 is 0. The summed E-state index contributed by atoms with van der Waals surface area (Å²) < 4.78 is 0. The van der Waals surface area contributed by atoms with Crippen LogP contribution in [0.4, 0.5) is 0 Å². The molecule has 0 spiro atoms. The van der Waals surface area contributed by atoms with Crippen molar-refractivity contribution in [2.75, 3.05) is 0 Å². The molecule has 0 bridgehead atoms. The molecule has 0 aromatic rings. The van der Waals surface area contributed by atoms with Crippen LogP contribution in [0.5, 0.6) is 0 Å². The lowest BCUT2D eigenvalue weighted by Gasteiger charge is -2.19. The third-order valence-corrected chi connectivity index (χ3v) is 1.86. The number of carbonyl (C=O) groups excluding carboxylic acids is 1. The maximum atomic E-state index is 11.3. The number of carboxylic acid groups (broad SMARTS) is 1. The van der Waals surface area contributed by atoms with Crippen LogP contribution in [0.1, 0.15) is 39.5 Å². The molecule has 0 aliphatic rings. The van der Waals surface area contributed by atoms with E-state index in [0.29, 0.717) is 19.3 Å². The lowest BCUT2D eigenvalue weighted by molar-refractivity contribution is -0.137. The largest absolute Gasteiger partial charge is 0.481 e. The van der Waals surface area contributed by atoms with Crippen molar-refractivity contribution in [3.63, 3.8) is 0 Å². The molecule has 0 saturated heterocycles. The zero-order chi connectivity index (χ0) is 11.9. The topological polar surface area (TPSA) is 66.4 Å². The molecular weight excluding hydrogens is 194 g/mol. The quantitative estimate of drug-likeness (QED) is 0.511. The van der Waals surface area contributed by atoms with E-state index in [1.54, 1.807) is 13.8 Å². The van der Waals surface area contributed by atoms with E-state index in [0.717, 1.165) is 0 Å². The van der Waals surface area contributed by atoms with Gasteiger partial charge in [-0.3, -0.25) is 9.59 Å². The maximum Gasteiger partial charge on any atom is 0.303 e. The number of carbonyl (C=O) groups is 2. The van der Waals surface area contributed by atoms with Gasteiger partial charge in [0.2, 0.25) is 5.91 Å². The van der Waals surface area contributed by atoms with E-state index in [1.165, 1.54) is 0 Å². The fourth-order valence-corrected chi connectivity index (χ4v) is 1.01. The second-order valence-corrected chi connectivity index (χ2v) is 3.92. The standard InChI is InChI=1S/C11H17NO3/c1-4-11(2,3)12-9(13)7-5-6-8-10(14)15/h1H,5-8H2,2-3H3,(H,12,13)(H,14,15). The highest BCUT2D eigenvalue weighted by atomic mass is 16.4. The number of nitrogens with one attached hydrogen (secondary N) is 1. The van der Waals surface area contributed by atoms with Gasteiger partial charge in [0.25, 0.3) is 0 Å². The molecule has 0 unspecified atom stereocenters. The van der Waals surface area contributed by atoms with Crippen LogP contribution >= 0.6 is 0 Å². The van der Waals surface area contributed by atoms with Crippen LogP contribution in [0.15, 0.2) is 0 Å². The van der Waals surface area contributed by atoms with E-state index in [2.05, 4.69) is 11.2 Å². The molecule has 0 aromatic heterocycles. The minimum absolute atomic E-state index is 0.103. The van der Waals surface area contributed by atoms with Gasteiger partial charge in [-0.05, 0) is 26.7 Å². The monoisotopic (exact) mass is 211 g/mol. The third kappa shape index (κ3) is 7.56. The highest BCUT2D eigenvalue weighted by Gasteiger charge is 2.16. The molecule has 0 rings (SSSR count). The van der Waals surface area contributed by atoms with Gasteiger partial charge in [-0.25, -0.2) is 0 Å². The van der Waals surface area contributed by atoms with Crippen molar-refractivity contribution in [3.8, 4) is 12.3 Å². The normalized spacial score (nSPS) is 10.5. The second-order valence-electron chi connectivity index (χ2n) is 3.92. The van der Waals surface area contributed by atoms with Crippen molar-refractivity contribution in [2.45, 2.75) is 45.1 Å². The van der Waals surface area contributed by atoms with Crippen LogP contribution in [0.2, 0.25) is 0 Å². The molecule has 84 valence electrons. The molecule has 0 heterocycles. The van der Waals surface area contributed by atoms with Gasteiger partial charge in [-0.1, -0.05) is 5.92 Å². The predicted molar refractivity (Wildman–Crippen MR) is 57.2 cm³/mol. The Bertz CT molecular complexity index is 276. The summed E-state index contributed by atoms with van der Waals surface area (Å²) in [4.78, 5) is 21.5. The van der Waals surface area contributed by atoms with E-state index in [1.807, 2.05) is 0 Å². The molecular formula is C11H17NO3. The first-order valence-corrected chi connectivity index (χ1v) is 4.88. The van der Waals surface area contributed by atoms with Crippen LogP contribution in [0, 0.1) is 12.3 Å². The van der Waals surface area contributed by atoms with Crippen LogP contribution in [-0.4, -0.2) is 22.5 Å². The zero-order valence-electron chi connectivity index (χ0n) is 9.17. The fourth-order valence-electron chi connectivity index (χ4n) is 1.01. The first kappa shape index (κ1) is 13.5. The number of hydrogen-bond acceptors (Lipinski definition) is 2. The number of hydrogen-bond donors (Lipinski definition) is 2. The van der Waals surface area contributed by atoms with Crippen molar-refractivity contribution in [1.82, 2.24) is 5.32 Å². The molecule has 0 saturated carbocycles. The van der Waals surface area contributed by atoms with Gasteiger partial charge in [-0.2, -0.15) is 0 Å². The average molecular weight is 211 g/mol. The van der Waals surface area contributed by atoms with Crippen LogP contribution in [0.25, 0.3) is 0 Å². The van der Waals surface area contributed by atoms with Gasteiger partial charge in [0, 0.05) is 12.8 Å². The highest BCUT2D eigenvalue weighted by Crippen LogP contribution is 2.03. The summed E-state index contributed by atoms with van der Waals surface area (Å²) in [7, 11) is 0. The molecule has 0 fully saturated rings. The van der Waals surface area contributed by atoms with Crippen molar-refractivity contribution in [1.29, 1.82) is 0 Å². The van der Waals surface area contributed by atoms with E-state index >= 15 is 0 Å². The van der Waals surface area contributed by atoms with Crippen molar-refractivity contribution in [3.05, 3.63) is 0 Å². The average Bonchev–Trinajstić information content (AvgIpc) is 2.11. The molecule has 0 radical (unpaired) electrons. The Labute approximate surface area is 90.1 Å². The van der Waals surface area contributed by atoms with E-state index < -0.39 is 11.5 Å². The van der Waals surface area contributed by atoms with E-state index in [4.69, 9.17) is 11.5 Å².